The number of fused-ring (bicyclic) bond motifs is 2. The molecule has 3 saturated heterocycles. The summed E-state index contributed by atoms with van der Waals surface area (Å²) >= 11 is 0. The lowest BCUT2D eigenvalue weighted by molar-refractivity contribution is -0.183. The van der Waals surface area contributed by atoms with Crippen LogP contribution < -0.4 is 0 Å². The molecule has 3 heterocycles. The highest BCUT2D eigenvalue weighted by molar-refractivity contribution is 4.99. The summed E-state index contributed by atoms with van der Waals surface area (Å²) < 4.78 is 17.7. The first-order valence-electron chi connectivity index (χ1n) is 8.44. The second-order valence-electron chi connectivity index (χ2n) is 6.54. The quantitative estimate of drug-likeness (QED) is 0.604. The van der Waals surface area contributed by atoms with Gasteiger partial charge >= 0.3 is 0 Å². The molecule has 4 heteroatoms. The Kier molecular flexibility index (Phi) is 5.33. The Bertz CT molecular complexity index is 349. The fourth-order valence-corrected chi connectivity index (χ4v) is 4.32. The van der Waals surface area contributed by atoms with E-state index in [9.17, 15) is 5.11 Å². The summed E-state index contributed by atoms with van der Waals surface area (Å²) in [6, 6.07) is 0. The number of hydrogen-bond donors (Lipinski definition) is 1. The van der Waals surface area contributed by atoms with Crippen LogP contribution in [0.15, 0.2) is 12.2 Å². The summed E-state index contributed by atoms with van der Waals surface area (Å²) in [5.41, 5.74) is 0. The smallest absolute Gasteiger partial charge is 0.157 e. The second-order valence-corrected chi connectivity index (χ2v) is 6.54. The van der Waals surface area contributed by atoms with E-state index in [1.807, 2.05) is 13.0 Å². The van der Waals surface area contributed by atoms with Gasteiger partial charge in [-0.2, -0.15) is 0 Å². The maximum absolute atomic E-state index is 9.66. The van der Waals surface area contributed by atoms with E-state index >= 15 is 0 Å². The molecule has 0 aromatic carbocycles. The van der Waals surface area contributed by atoms with Gasteiger partial charge in [0.25, 0.3) is 0 Å². The fourth-order valence-electron chi connectivity index (χ4n) is 4.32. The van der Waals surface area contributed by atoms with Gasteiger partial charge < -0.3 is 19.3 Å². The zero-order chi connectivity index (χ0) is 14.7. The standard InChI is InChI=1S/C17H28O4/c1-2-3-4-9-19-16-8-5-12(11-20-16)17-13(10-18)14-6-7-15(17)21-14/h2-3,12-18H,4-11H2,1H3/b3-2-/t12?,13-,14+,15-,16-,17?/m1/s1. The van der Waals surface area contributed by atoms with Gasteiger partial charge in [0.05, 0.1) is 25.4 Å². The van der Waals surface area contributed by atoms with E-state index < -0.39 is 0 Å². The minimum absolute atomic E-state index is 0.0430. The molecule has 1 N–H and O–H groups in total. The van der Waals surface area contributed by atoms with Crippen LogP contribution in [-0.2, 0) is 14.2 Å². The largest absolute Gasteiger partial charge is 0.396 e. The summed E-state index contributed by atoms with van der Waals surface area (Å²) in [7, 11) is 0. The maximum Gasteiger partial charge on any atom is 0.157 e. The molecule has 0 amide bonds. The van der Waals surface area contributed by atoms with E-state index in [0.717, 1.165) is 45.3 Å². The molecule has 2 bridgehead atoms. The molecule has 120 valence electrons. The third-order valence-corrected chi connectivity index (χ3v) is 5.33. The van der Waals surface area contributed by atoms with E-state index in [4.69, 9.17) is 14.2 Å². The van der Waals surface area contributed by atoms with Gasteiger partial charge in [-0.15, -0.1) is 0 Å². The molecular formula is C17H28O4. The normalized spacial score (nSPS) is 43.0. The molecule has 0 aromatic heterocycles. The van der Waals surface area contributed by atoms with Crippen LogP contribution in [0.4, 0.5) is 0 Å². The summed E-state index contributed by atoms with van der Waals surface area (Å²) in [6.45, 7) is 3.76. The second kappa shape index (κ2) is 7.23. The number of aliphatic hydroxyl groups excluding tert-OH is 1. The van der Waals surface area contributed by atoms with Crippen molar-refractivity contribution >= 4 is 0 Å². The van der Waals surface area contributed by atoms with Crippen molar-refractivity contribution in [3.63, 3.8) is 0 Å². The van der Waals surface area contributed by atoms with Gasteiger partial charge in [0, 0.05) is 12.5 Å². The molecule has 0 radical (unpaired) electrons. The third-order valence-electron chi connectivity index (χ3n) is 5.33. The van der Waals surface area contributed by atoms with Crippen LogP contribution in [0.2, 0.25) is 0 Å². The minimum Gasteiger partial charge on any atom is -0.396 e. The first-order valence-corrected chi connectivity index (χ1v) is 8.44. The molecule has 4 nitrogen and oxygen atoms in total. The van der Waals surface area contributed by atoms with Gasteiger partial charge in [-0.3, -0.25) is 0 Å². The number of ether oxygens (including phenoxy) is 3. The van der Waals surface area contributed by atoms with E-state index in [1.54, 1.807) is 0 Å². The summed E-state index contributed by atoms with van der Waals surface area (Å²) in [6.07, 6.45) is 10.1. The Morgan fingerprint density at radius 3 is 2.76 bits per heavy atom. The lowest BCUT2D eigenvalue weighted by atomic mass is 9.71. The molecule has 21 heavy (non-hydrogen) atoms. The van der Waals surface area contributed by atoms with Crippen molar-refractivity contribution in [1.82, 2.24) is 0 Å². The van der Waals surface area contributed by atoms with Crippen molar-refractivity contribution in [1.29, 1.82) is 0 Å². The Labute approximate surface area is 127 Å². The molecule has 3 aliphatic heterocycles. The van der Waals surface area contributed by atoms with Crippen LogP contribution in [0.3, 0.4) is 0 Å². The molecule has 0 aliphatic carbocycles. The van der Waals surface area contributed by atoms with Gasteiger partial charge in [0.1, 0.15) is 0 Å². The highest BCUT2D eigenvalue weighted by Gasteiger charge is 2.51. The van der Waals surface area contributed by atoms with Crippen molar-refractivity contribution in [2.24, 2.45) is 17.8 Å². The number of aliphatic hydroxyl groups is 1. The SMILES string of the molecule is C/C=C\CCO[C@H]1CCC(C2[C@H]3CC[C@H](O3)[C@H]2CO)CO1. The topological polar surface area (TPSA) is 47.9 Å². The predicted octanol–water partition coefficient (Wildman–Crippen LogP) is 2.51. The Morgan fingerprint density at radius 1 is 1.19 bits per heavy atom. The monoisotopic (exact) mass is 296 g/mol. The number of hydrogen-bond acceptors (Lipinski definition) is 4. The van der Waals surface area contributed by atoms with Crippen molar-refractivity contribution in [3.8, 4) is 0 Å². The molecule has 3 fully saturated rings. The average molecular weight is 296 g/mol. The Morgan fingerprint density at radius 2 is 2.05 bits per heavy atom. The highest BCUT2D eigenvalue weighted by atomic mass is 16.7. The van der Waals surface area contributed by atoms with E-state index in [1.165, 1.54) is 0 Å². The number of allylic oxidation sites excluding steroid dienone is 1. The molecule has 6 atom stereocenters. The lowest BCUT2D eigenvalue weighted by Crippen LogP contribution is -2.40. The van der Waals surface area contributed by atoms with E-state index in [0.29, 0.717) is 30.0 Å². The summed E-state index contributed by atoms with van der Waals surface area (Å²) in [4.78, 5) is 0. The zero-order valence-electron chi connectivity index (χ0n) is 12.9. The van der Waals surface area contributed by atoms with Crippen molar-refractivity contribution in [2.45, 2.75) is 57.5 Å². The zero-order valence-corrected chi connectivity index (χ0v) is 12.9. The van der Waals surface area contributed by atoms with Gasteiger partial charge in [-0.1, -0.05) is 12.2 Å². The van der Waals surface area contributed by atoms with Crippen molar-refractivity contribution in [2.75, 3.05) is 19.8 Å². The van der Waals surface area contributed by atoms with Gasteiger partial charge in [-0.25, -0.2) is 0 Å². The predicted molar refractivity (Wildman–Crippen MR) is 79.8 cm³/mol. The van der Waals surface area contributed by atoms with Crippen LogP contribution in [-0.4, -0.2) is 43.4 Å². The van der Waals surface area contributed by atoms with Crippen molar-refractivity contribution in [3.05, 3.63) is 12.2 Å². The van der Waals surface area contributed by atoms with Crippen LogP contribution in [0.25, 0.3) is 0 Å². The third kappa shape index (κ3) is 3.34. The van der Waals surface area contributed by atoms with Gasteiger partial charge in [0.15, 0.2) is 6.29 Å². The molecular weight excluding hydrogens is 268 g/mol. The number of rotatable bonds is 6. The molecule has 0 aromatic rings. The van der Waals surface area contributed by atoms with Gasteiger partial charge in [0.2, 0.25) is 0 Å². The average Bonchev–Trinajstić information content (AvgIpc) is 3.13. The summed E-state index contributed by atoms with van der Waals surface area (Å²) in [5, 5.41) is 9.66. The van der Waals surface area contributed by atoms with Gasteiger partial charge in [-0.05, 0) is 50.9 Å². The minimum atomic E-state index is -0.0430. The fraction of sp³-hybridized carbons (Fsp3) is 0.882. The van der Waals surface area contributed by atoms with Crippen LogP contribution >= 0.6 is 0 Å². The molecule has 3 aliphatic rings. The summed E-state index contributed by atoms with van der Waals surface area (Å²) in [5.74, 6) is 1.33. The van der Waals surface area contributed by atoms with Crippen LogP contribution in [0.1, 0.15) is 39.0 Å². The Hall–Kier alpha value is -0.420. The highest BCUT2D eigenvalue weighted by Crippen LogP contribution is 2.48. The Balaban J connectivity index is 1.45. The van der Waals surface area contributed by atoms with E-state index in [2.05, 4.69) is 6.08 Å². The first kappa shape index (κ1) is 15.5. The first-order chi connectivity index (χ1) is 10.3. The van der Waals surface area contributed by atoms with Crippen molar-refractivity contribution < 1.29 is 19.3 Å². The van der Waals surface area contributed by atoms with E-state index in [-0.39, 0.29) is 12.9 Å². The molecule has 0 saturated carbocycles. The lowest BCUT2D eigenvalue weighted by Gasteiger charge is -2.37. The molecule has 2 unspecified atom stereocenters. The van der Waals surface area contributed by atoms with Crippen LogP contribution in [0.5, 0.6) is 0 Å². The maximum atomic E-state index is 9.66. The van der Waals surface area contributed by atoms with Crippen LogP contribution in [0, 0.1) is 17.8 Å². The molecule has 0 spiro atoms. The molecule has 3 rings (SSSR count).